The van der Waals surface area contributed by atoms with Gasteiger partial charge in [0, 0.05) is 12.6 Å². The fraction of sp³-hybridized carbons (Fsp3) is 0.125. The summed E-state index contributed by atoms with van der Waals surface area (Å²) in [6, 6.07) is 5.13. The van der Waals surface area contributed by atoms with Crippen LogP contribution in [0.15, 0.2) is 30.5 Å². The third-order valence-electron chi connectivity index (χ3n) is 3.49. The summed E-state index contributed by atoms with van der Waals surface area (Å²) in [6.45, 7) is 0.0288. The number of methoxy groups -OCH3 is 1. The van der Waals surface area contributed by atoms with Crippen LogP contribution in [0.5, 0.6) is 0 Å². The fourth-order valence-electron chi connectivity index (χ4n) is 2.22. The Labute approximate surface area is 150 Å². The average Bonchev–Trinajstić information content (AvgIpc) is 3.02. The smallest absolute Gasteiger partial charge is 0.356 e. The highest BCUT2D eigenvalue weighted by molar-refractivity contribution is 6.30. The van der Waals surface area contributed by atoms with E-state index in [0.717, 1.165) is 23.9 Å². The minimum atomic E-state index is -0.806. The molecule has 2 aromatic heterocycles. The number of ether oxygens (including phenoxy) is 1. The summed E-state index contributed by atoms with van der Waals surface area (Å²) in [5.74, 6) is -2.85. The highest BCUT2D eigenvalue weighted by atomic mass is 35.5. The van der Waals surface area contributed by atoms with Gasteiger partial charge in [0.15, 0.2) is 17.2 Å². The Morgan fingerprint density at radius 1 is 1.27 bits per heavy atom. The molecule has 2 heterocycles. The van der Waals surface area contributed by atoms with E-state index in [4.69, 9.17) is 11.6 Å². The summed E-state index contributed by atoms with van der Waals surface area (Å²) in [7, 11) is 1.15. The molecule has 7 nitrogen and oxygen atoms in total. The van der Waals surface area contributed by atoms with Gasteiger partial charge in [0.2, 0.25) is 0 Å². The second-order valence-corrected chi connectivity index (χ2v) is 5.58. The van der Waals surface area contributed by atoms with E-state index < -0.39 is 23.5 Å². The van der Waals surface area contributed by atoms with Crippen molar-refractivity contribution in [3.63, 3.8) is 0 Å². The number of rotatable bonds is 4. The van der Waals surface area contributed by atoms with Crippen LogP contribution in [0.3, 0.4) is 0 Å². The van der Waals surface area contributed by atoms with Crippen LogP contribution in [0.2, 0.25) is 5.02 Å². The van der Waals surface area contributed by atoms with Crippen LogP contribution < -0.4 is 5.32 Å². The van der Waals surface area contributed by atoms with E-state index in [1.807, 2.05) is 0 Å². The normalized spacial score (nSPS) is 10.8. The van der Waals surface area contributed by atoms with Gasteiger partial charge in [-0.05, 0) is 17.7 Å². The second kappa shape index (κ2) is 7.04. The van der Waals surface area contributed by atoms with Crippen molar-refractivity contribution in [1.29, 1.82) is 0 Å². The van der Waals surface area contributed by atoms with Crippen molar-refractivity contribution in [3.8, 4) is 0 Å². The molecule has 26 heavy (non-hydrogen) atoms. The maximum absolute atomic E-state index is 13.8. The maximum Gasteiger partial charge on any atom is 0.356 e. The lowest BCUT2D eigenvalue weighted by Gasteiger charge is -2.08. The van der Waals surface area contributed by atoms with Gasteiger partial charge in [-0.25, -0.2) is 23.1 Å². The quantitative estimate of drug-likeness (QED) is 0.702. The molecule has 0 spiro atoms. The molecule has 0 aliphatic carbocycles. The Hall–Kier alpha value is -3.07. The highest BCUT2D eigenvalue weighted by Crippen LogP contribution is 2.16. The molecule has 3 aromatic rings. The van der Waals surface area contributed by atoms with Gasteiger partial charge in [0.1, 0.15) is 11.5 Å². The van der Waals surface area contributed by atoms with E-state index in [1.54, 1.807) is 0 Å². The van der Waals surface area contributed by atoms with Crippen molar-refractivity contribution in [1.82, 2.24) is 19.9 Å². The van der Waals surface area contributed by atoms with Crippen molar-refractivity contribution >= 4 is 29.1 Å². The number of fused-ring (bicyclic) bond motifs is 1. The largest absolute Gasteiger partial charge is 0.464 e. The molecule has 134 valence electrons. The predicted octanol–water partition coefficient (Wildman–Crippen LogP) is 2.38. The Kier molecular flexibility index (Phi) is 4.81. The molecule has 0 saturated heterocycles. The lowest BCUT2D eigenvalue weighted by molar-refractivity contribution is 0.0590. The number of benzene rings is 1. The van der Waals surface area contributed by atoms with Crippen LogP contribution in [-0.4, -0.2) is 33.6 Å². The molecule has 0 aliphatic heterocycles. The van der Waals surface area contributed by atoms with E-state index in [0.29, 0.717) is 5.56 Å². The third-order valence-corrected chi connectivity index (χ3v) is 3.78. The molecular formula is C16H11ClF2N4O3. The van der Waals surface area contributed by atoms with Gasteiger partial charge in [-0.2, -0.15) is 5.10 Å². The number of hydrogen-bond acceptors (Lipinski definition) is 5. The monoisotopic (exact) mass is 380 g/mol. The number of esters is 1. The summed E-state index contributed by atoms with van der Waals surface area (Å²) in [5, 5.41) is 6.15. The average molecular weight is 381 g/mol. The summed E-state index contributed by atoms with van der Waals surface area (Å²) in [6.07, 6.45) is 0.872. The Morgan fingerprint density at radius 2 is 2.04 bits per heavy atom. The van der Waals surface area contributed by atoms with Crippen LogP contribution in [-0.2, 0) is 11.3 Å². The number of nitrogens with zero attached hydrogens (tertiary/aromatic N) is 3. The molecule has 0 saturated carbocycles. The molecule has 10 heteroatoms. The molecular weight excluding hydrogens is 370 g/mol. The van der Waals surface area contributed by atoms with Crippen molar-refractivity contribution in [2.75, 3.05) is 7.11 Å². The lowest BCUT2D eigenvalue weighted by atomic mass is 10.2. The number of amides is 1. The summed E-state index contributed by atoms with van der Waals surface area (Å²) < 4.78 is 32.5. The van der Waals surface area contributed by atoms with Gasteiger partial charge >= 0.3 is 5.97 Å². The molecule has 0 bridgehead atoms. The van der Waals surface area contributed by atoms with Crippen molar-refractivity contribution in [3.05, 3.63) is 64.1 Å². The van der Waals surface area contributed by atoms with Crippen molar-refractivity contribution < 1.29 is 23.1 Å². The standard InChI is InChI=1S/C16H11ClF2N4O3/c1-26-16(25)13-5-12(22-14-11(19)7-21-23(13)14)15(24)20-6-8-2-3-10(18)9(17)4-8/h2-5,7H,6H2,1H3,(H,20,24). The zero-order valence-electron chi connectivity index (χ0n) is 13.3. The zero-order chi connectivity index (χ0) is 18.8. The number of halogens is 3. The molecule has 1 amide bonds. The summed E-state index contributed by atoms with van der Waals surface area (Å²) in [5.41, 5.74) is -0.0979. The molecule has 1 N–H and O–H groups in total. The molecule has 3 rings (SSSR count). The molecule has 0 aliphatic rings. The third kappa shape index (κ3) is 3.33. The summed E-state index contributed by atoms with van der Waals surface area (Å²) >= 11 is 5.69. The van der Waals surface area contributed by atoms with E-state index in [2.05, 4.69) is 20.1 Å². The van der Waals surface area contributed by atoms with E-state index in [9.17, 15) is 18.4 Å². The minimum Gasteiger partial charge on any atom is -0.464 e. The molecule has 0 radical (unpaired) electrons. The van der Waals surface area contributed by atoms with E-state index in [-0.39, 0.29) is 28.6 Å². The lowest BCUT2D eigenvalue weighted by Crippen LogP contribution is -2.25. The van der Waals surface area contributed by atoms with E-state index >= 15 is 0 Å². The SMILES string of the molecule is COC(=O)c1cc(C(=O)NCc2ccc(F)c(Cl)c2)nc2c(F)cnn12. The Balaban J connectivity index is 1.88. The first-order valence-electron chi connectivity index (χ1n) is 7.25. The zero-order valence-corrected chi connectivity index (χ0v) is 14.1. The first-order valence-corrected chi connectivity index (χ1v) is 7.63. The van der Waals surface area contributed by atoms with Gasteiger partial charge in [-0.3, -0.25) is 4.79 Å². The van der Waals surface area contributed by atoms with Crippen molar-refractivity contribution in [2.45, 2.75) is 6.54 Å². The molecule has 0 unspecified atom stereocenters. The predicted molar refractivity (Wildman–Crippen MR) is 86.9 cm³/mol. The first kappa shape index (κ1) is 17.7. The van der Waals surface area contributed by atoms with Gasteiger partial charge in [0.05, 0.1) is 18.3 Å². The highest BCUT2D eigenvalue weighted by Gasteiger charge is 2.20. The molecule has 0 fully saturated rings. The number of aromatic nitrogens is 3. The fourth-order valence-corrected chi connectivity index (χ4v) is 2.43. The summed E-state index contributed by atoms with van der Waals surface area (Å²) in [4.78, 5) is 28.0. The van der Waals surface area contributed by atoms with Gasteiger partial charge in [-0.1, -0.05) is 17.7 Å². The maximum atomic E-state index is 13.8. The van der Waals surface area contributed by atoms with Gasteiger partial charge < -0.3 is 10.1 Å². The van der Waals surface area contributed by atoms with E-state index in [1.165, 1.54) is 18.2 Å². The van der Waals surface area contributed by atoms with Crippen LogP contribution >= 0.6 is 11.6 Å². The number of carbonyl (C=O) groups excluding carboxylic acids is 2. The molecule has 1 aromatic carbocycles. The number of carbonyl (C=O) groups is 2. The minimum absolute atomic E-state index is 0.0288. The number of hydrogen-bond donors (Lipinski definition) is 1. The topological polar surface area (TPSA) is 85.6 Å². The Morgan fingerprint density at radius 3 is 2.73 bits per heavy atom. The van der Waals surface area contributed by atoms with Crippen LogP contribution in [0, 0.1) is 11.6 Å². The van der Waals surface area contributed by atoms with Crippen LogP contribution in [0.25, 0.3) is 5.65 Å². The van der Waals surface area contributed by atoms with Gasteiger partial charge in [0.25, 0.3) is 5.91 Å². The van der Waals surface area contributed by atoms with Crippen LogP contribution in [0.1, 0.15) is 26.5 Å². The molecule has 0 atom stereocenters. The van der Waals surface area contributed by atoms with Crippen LogP contribution in [0.4, 0.5) is 8.78 Å². The van der Waals surface area contributed by atoms with Gasteiger partial charge in [-0.15, -0.1) is 0 Å². The Bertz CT molecular complexity index is 1020. The second-order valence-electron chi connectivity index (χ2n) is 5.18. The number of nitrogens with one attached hydrogen (secondary N) is 1. The van der Waals surface area contributed by atoms with Crippen molar-refractivity contribution in [2.24, 2.45) is 0 Å². The first-order chi connectivity index (χ1) is 12.4.